The first-order valence-corrected chi connectivity index (χ1v) is 9.74. The fourth-order valence-electron chi connectivity index (χ4n) is 3.67. The average Bonchev–Trinajstić information content (AvgIpc) is 2.62. The van der Waals surface area contributed by atoms with Crippen LogP contribution in [0.1, 0.15) is 38.9 Å². The van der Waals surface area contributed by atoms with Crippen molar-refractivity contribution in [3.8, 4) is 0 Å². The second-order valence-corrected chi connectivity index (χ2v) is 8.17. The quantitative estimate of drug-likeness (QED) is 0.381. The van der Waals surface area contributed by atoms with Crippen molar-refractivity contribution in [1.82, 2.24) is 0 Å². The summed E-state index contributed by atoms with van der Waals surface area (Å²) in [6.45, 7) is 7.67. The van der Waals surface area contributed by atoms with Gasteiger partial charge in [0.1, 0.15) is 5.60 Å². The van der Waals surface area contributed by atoms with Crippen LogP contribution in [0.5, 0.6) is 0 Å². The van der Waals surface area contributed by atoms with Gasteiger partial charge in [0.05, 0.1) is 0 Å². The molecule has 0 spiro atoms. The van der Waals surface area contributed by atoms with Crippen molar-refractivity contribution < 1.29 is 5.11 Å². The lowest BCUT2D eigenvalue weighted by Gasteiger charge is -2.33. The number of nitrogens with two attached hydrogens (primary N) is 2. The van der Waals surface area contributed by atoms with Crippen LogP contribution in [0.4, 0.5) is 11.4 Å². The molecular weight excluding hydrogens is 391 g/mol. The second kappa shape index (κ2) is 7.32. The zero-order valence-corrected chi connectivity index (χ0v) is 17.9. The minimum absolute atomic E-state index is 0.384. The van der Waals surface area contributed by atoms with Crippen molar-refractivity contribution >= 4 is 34.6 Å². The van der Waals surface area contributed by atoms with Crippen LogP contribution < -0.4 is 11.5 Å². The Morgan fingerprint density at radius 1 is 0.714 bits per heavy atom. The third-order valence-electron chi connectivity index (χ3n) is 5.35. The van der Waals surface area contributed by atoms with E-state index < -0.39 is 5.60 Å². The van der Waals surface area contributed by atoms with E-state index in [1.165, 1.54) is 0 Å². The first kappa shape index (κ1) is 20.5. The van der Waals surface area contributed by atoms with Crippen LogP contribution in [0, 0.1) is 27.7 Å². The highest BCUT2D eigenvalue weighted by Crippen LogP contribution is 2.45. The Kier molecular flexibility index (Phi) is 5.37. The number of aliphatic hydroxyl groups is 1. The fraction of sp³-hybridized carbons (Fsp3) is 0.217. The molecule has 5 heteroatoms. The molecule has 0 aliphatic heterocycles. The standard InChI is InChI=1S/C23H24Cl2N2O/c1-12-8-16(9-13(2)21(12)26)23(28,20-18(24)6-5-7-19(20)25)17-10-14(3)22(27)15(4)11-17/h5-11,28H,26-27H2,1-4H3. The summed E-state index contributed by atoms with van der Waals surface area (Å²) < 4.78 is 0. The summed E-state index contributed by atoms with van der Waals surface area (Å²) >= 11 is 13.1. The molecule has 3 aromatic carbocycles. The topological polar surface area (TPSA) is 72.3 Å². The first-order valence-electron chi connectivity index (χ1n) is 8.98. The Hall–Kier alpha value is -2.20. The number of nitrogen functional groups attached to an aromatic ring is 2. The molecule has 28 heavy (non-hydrogen) atoms. The van der Waals surface area contributed by atoms with Gasteiger partial charge < -0.3 is 16.6 Å². The van der Waals surface area contributed by atoms with Crippen LogP contribution in [-0.4, -0.2) is 5.11 Å². The maximum absolute atomic E-state index is 12.2. The lowest BCUT2D eigenvalue weighted by molar-refractivity contribution is 0.125. The van der Waals surface area contributed by atoms with Gasteiger partial charge in [0.25, 0.3) is 0 Å². The van der Waals surface area contributed by atoms with Crippen LogP contribution in [0.2, 0.25) is 10.0 Å². The Labute approximate surface area is 175 Å². The summed E-state index contributed by atoms with van der Waals surface area (Å²) in [6.07, 6.45) is 0. The van der Waals surface area contributed by atoms with Crippen molar-refractivity contribution in [2.45, 2.75) is 33.3 Å². The molecule has 0 radical (unpaired) electrons. The number of halogens is 2. The summed E-state index contributed by atoms with van der Waals surface area (Å²) in [6, 6.07) is 12.7. The van der Waals surface area contributed by atoms with Gasteiger partial charge in [0, 0.05) is 27.0 Å². The third kappa shape index (κ3) is 3.24. The van der Waals surface area contributed by atoms with Crippen molar-refractivity contribution in [3.05, 3.63) is 91.5 Å². The van der Waals surface area contributed by atoms with E-state index in [0.717, 1.165) is 22.3 Å². The van der Waals surface area contributed by atoms with Gasteiger partial charge in [-0.1, -0.05) is 53.5 Å². The van der Waals surface area contributed by atoms with Crippen molar-refractivity contribution in [1.29, 1.82) is 0 Å². The van der Waals surface area contributed by atoms with Crippen LogP contribution in [0.3, 0.4) is 0 Å². The van der Waals surface area contributed by atoms with Crippen molar-refractivity contribution in [2.75, 3.05) is 11.5 Å². The highest BCUT2D eigenvalue weighted by atomic mass is 35.5. The SMILES string of the molecule is Cc1cc(C(O)(c2cc(C)c(N)c(C)c2)c2c(Cl)cccc2Cl)cc(C)c1N. The predicted octanol–water partition coefficient (Wildman–Crippen LogP) is 5.68. The summed E-state index contributed by atoms with van der Waals surface area (Å²) in [4.78, 5) is 0. The molecule has 0 bridgehead atoms. The van der Waals surface area contributed by atoms with E-state index >= 15 is 0 Å². The molecule has 5 N–H and O–H groups in total. The maximum Gasteiger partial charge on any atom is 0.143 e. The number of anilines is 2. The molecule has 0 aliphatic rings. The fourth-order valence-corrected chi connectivity index (χ4v) is 4.34. The van der Waals surface area contributed by atoms with Gasteiger partial charge in [0.15, 0.2) is 0 Å². The van der Waals surface area contributed by atoms with Gasteiger partial charge in [-0.15, -0.1) is 0 Å². The molecule has 0 unspecified atom stereocenters. The number of rotatable bonds is 3. The van der Waals surface area contributed by atoms with E-state index in [2.05, 4.69) is 0 Å². The monoisotopic (exact) mass is 414 g/mol. The van der Waals surface area contributed by atoms with E-state index in [1.807, 2.05) is 52.0 Å². The van der Waals surface area contributed by atoms with E-state index in [1.54, 1.807) is 18.2 Å². The first-order chi connectivity index (χ1) is 13.1. The van der Waals surface area contributed by atoms with Gasteiger partial charge in [0.2, 0.25) is 0 Å². The second-order valence-electron chi connectivity index (χ2n) is 7.35. The molecular formula is C23H24Cl2N2O. The zero-order valence-electron chi connectivity index (χ0n) is 16.4. The van der Waals surface area contributed by atoms with Crippen LogP contribution in [0.15, 0.2) is 42.5 Å². The smallest absolute Gasteiger partial charge is 0.143 e. The molecule has 0 aliphatic carbocycles. The minimum Gasteiger partial charge on any atom is -0.398 e. The molecule has 0 heterocycles. The highest BCUT2D eigenvalue weighted by molar-refractivity contribution is 6.36. The summed E-state index contributed by atoms with van der Waals surface area (Å²) in [5.41, 5.74) is 17.4. The van der Waals surface area contributed by atoms with Gasteiger partial charge in [-0.25, -0.2) is 0 Å². The number of aryl methyl sites for hydroxylation is 4. The van der Waals surface area contributed by atoms with Crippen LogP contribution in [-0.2, 0) is 5.60 Å². The lowest BCUT2D eigenvalue weighted by atomic mass is 9.78. The Morgan fingerprint density at radius 2 is 1.04 bits per heavy atom. The maximum atomic E-state index is 12.2. The summed E-state index contributed by atoms with van der Waals surface area (Å²) in [5.74, 6) is 0. The molecule has 3 nitrogen and oxygen atoms in total. The molecule has 146 valence electrons. The molecule has 0 fully saturated rings. The van der Waals surface area contributed by atoms with Gasteiger partial charge in [-0.3, -0.25) is 0 Å². The molecule has 0 aromatic heterocycles. The minimum atomic E-state index is -1.57. The zero-order chi connectivity index (χ0) is 20.8. The van der Waals surface area contributed by atoms with Gasteiger partial charge >= 0.3 is 0 Å². The molecule has 3 rings (SSSR count). The highest BCUT2D eigenvalue weighted by Gasteiger charge is 2.38. The normalized spacial score (nSPS) is 11.7. The van der Waals surface area contributed by atoms with Crippen LogP contribution in [0.25, 0.3) is 0 Å². The molecule has 3 aromatic rings. The van der Waals surface area contributed by atoms with Crippen molar-refractivity contribution in [3.63, 3.8) is 0 Å². The van der Waals surface area contributed by atoms with E-state index in [0.29, 0.717) is 38.1 Å². The number of hydrogen-bond donors (Lipinski definition) is 3. The molecule has 0 saturated heterocycles. The molecule has 0 amide bonds. The van der Waals surface area contributed by atoms with Crippen molar-refractivity contribution in [2.24, 2.45) is 0 Å². The Bertz CT molecular complexity index is 952. The third-order valence-corrected chi connectivity index (χ3v) is 5.98. The van der Waals surface area contributed by atoms with Gasteiger partial charge in [-0.2, -0.15) is 0 Å². The van der Waals surface area contributed by atoms with Gasteiger partial charge in [-0.05, 0) is 73.2 Å². The number of benzene rings is 3. The Balaban J connectivity index is 2.45. The lowest BCUT2D eigenvalue weighted by Crippen LogP contribution is -2.30. The van der Waals surface area contributed by atoms with E-state index in [-0.39, 0.29) is 0 Å². The number of hydrogen-bond acceptors (Lipinski definition) is 3. The Morgan fingerprint density at radius 3 is 1.36 bits per heavy atom. The average molecular weight is 415 g/mol. The van der Waals surface area contributed by atoms with E-state index in [9.17, 15) is 5.11 Å². The van der Waals surface area contributed by atoms with E-state index in [4.69, 9.17) is 34.7 Å². The molecule has 0 atom stereocenters. The largest absolute Gasteiger partial charge is 0.398 e. The van der Waals surface area contributed by atoms with Crippen LogP contribution >= 0.6 is 23.2 Å². The summed E-state index contributed by atoms with van der Waals surface area (Å²) in [5, 5.41) is 13.0. The predicted molar refractivity (Wildman–Crippen MR) is 119 cm³/mol. The summed E-state index contributed by atoms with van der Waals surface area (Å²) in [7, 11) is 0. The molecule has 0 saturated carbocycles.